The molecule has 23 heavy (non-hydrogen) atoms. The molecule has 3 heterocycles. The number of hydrogen-bond donors (Lipinski definition) is 1. The lowest BCUT2D eigenvalue weighted by Crippen LogP contribution is -2.31. The molecule has 8 nitrogen and oxygen atoms in total. The average Bonchev–Trinajstić information content (AvgIpc) is 3.13. The first-order valence-corrected chi connectivity index (χ1v) is 7.20. The Bertz CT molecular complexity index is 702. The van der Waals surface area contributed by atoms with Crippen molar-refractivity contribution in [2.45, 2.75) is 12.2 Å². The minimum atomic E-state index is -0.762. The quantitative estimate of drug-likeness (QED) is 0.859. The number of nitrogens with zero attached hydrogens (tertiary/aromatic N) is 4. The van der Waals surface area contributed by atoms with Crippen LogP contribution in [-0.4, -0.2) is 63.1 Å². The van der Waals surface area contributed by atoms with Gasteiger partial charge in [0.25, 0.3) is 5.91 Å². The molecule has 1 aliphatic heterocycles. The Morgan fingerprint density at radius 2 is 2.26 bits per heavy atom. The molecule has 0 radical (unpaired) electrons. The molecule has 0 aromatic carbocycles. The number of carbonyl (C=O) groups is 1. The third kappa shape index (κ3) is 3.11. The molecule has 1 aliphatic rings. The van der Waals surface area contributed by atoms with E-state index in [9.17, 15) is 9.90 Å². The van der Waals surface area contributed by atoms with Crippen molar-refractivity contribution in [3.05, 3.63) is 36.3 Å². The summed E-state index contributed by atoms with van der Waals surface area (Å²) in [6.45, 7) is 0.481. The summed E-state index contributed by atoms with van der Waals surface area (Å²) in [6.07, 6.45) is 3.58. The third-order valence-corrected chi connectivity index (χ3v) is 3.69. The number of rotatable bonds is 4. The van der Waals surface area contributed by atoms with Crippen LogP contribution in [0.5, 0.6) is 11.6 Å². The number of pyridine rings is 1. The number of aliphatic hydroxyl groups is 1. The largest absolute Gasteiger partial charge is 0.482 e. The van der Waals surface area contributed by atoms with Gasteiger partial charge in [-0.3, -0.25) is 9.48 Å². The highest BCUT2D eigenvalue weighted by molar-refractivity contribution is 5.96. The van der Waals surface area contributed by atoms with E-state index in [4.69, 9.17) is 9.47 Å². The third-order valence-electron chi connectivity index (χ3n) is 3.69. The maximum atomic E-state index is 12.6. The van der Waals surface area contributed by atoms with Gasteiger partial charge in [-0.1, -0.05) is 0 Å². The first-order valence-electron chi connectivity index (χ1n) is 7.20. The van der Waals surface area contributed by atoms with Crippen LogP contribution < -0.4 is 9.47 Å². The molecular weight excluding hydrogens is 300 g/mol. The Morgan fingerprint density at radius 3 is 2.96 bits per heavy atom. The zero-order chi connectivity index (χ0) is 16.4. The minimum absolute atomic E-state index is 0.196. The van der Waals surface area contributed by atoms with Crippen molar-refractivity contribution in [2.75, 3.05) is 20.2 Å². The highest BCUT2D eigenvalue weighted by Crippen LogP contribution is 2.22. The molecule has 122 valence electrons. The molecule has 1 saturated heterocycles. The summed E-state index contributed by atoms with van der Waals surface area (Å²) in [7, 11) is 3.24. The lowest BCUT2D eigenvalue weighted by molar-refractivity contribution is 0.0728. The van der Waals surface area contributed by atoms with Crippen LogP contribution in [0.4, 0.5) is 0 Å². The predicted octanol–water partition coefficient (Wildman–Crippen LogP) is 0.0880. The zero-order valence-electron chi connectivity index (χ0n) is 12.9. The monoisotopic (exact) mass is 318 g/mol. The number of hydrogen-bond acceptors (Lipinski definition) is 6. The number of aryl methyl sites for hydroxylation is 1. The number of aliphatic hydroxyl groups excluding tert-OH is 1. The summed E-state index contributed by atoms with van der Waals surface area (Å²) in [5, 5.41) is 14.2. The van der Waals surface area contributed by atoms with Crippen molar-refractivity contribution < 1.29 is 19.4 Å². The van der Waals surface area contributed by atoms with Gasteiger partial charge in [-0.25, -0.2) is 4.98 Å². The first kappa shape index (κ1) is 15.3. The molecule has 1 fully saturated rings. The van der Waals surface area contributed by atoms with E-state index in [2.05, 4.69) is 10.1 Å². The van der Waals surface area contributed by atoms with Gasteiger partial charge in [0.2, 0.25) is 5.88 Å². The smallest absolute Gasteiger partial charge is 0.259 e. The summed E-state index contributed by atoms with van der Waals surface area (Å²) in [5.41, 5.74) is 0.365. The van der Waals surface area contributed by atoms with E-state index in [-0.39, 0.29) is 24.9 Å². The van der Waals surface area contributed by atoms with E-state index < -0.39 is 12.2 Å². The van der Waals surface area contributed by atoms with Gasteiger partial charge in [0.1, 0.15) is 17.8 Å². The Balaban J connectivity index is 1.71. The average molecular weight is 318 g/mol. The zero-order valence-corrected chi connectivity index (χ0v) is 12.9. The second-order valence-corrected chi connectivity index (χ2v) is 5.34. The maximum Gasteiger partial charge on any atom is 0.259 e. The Labute approximate surface area is 133 Å². The number of aromatic nitrogens is 3. The van der Waals surface area contributed by atoms with Crippen LogP contribution in [-0.2, 0) is 7.05 Å². The van der Waals surface area contributed by atoms with Crippen LogP contribution in [0, 0.1) is 0 Å². The highest BCUT2D eigenvalue weighted by Gasteiger charge is 2.37. The van der Waals surface area contributed by atoms with E-state index in [1.165, 1.54) is 12.0 Å². The van der Waals surface area contributed by atoms with E-state index in [0.717, 1.165) is 0 Å². The van der Waals surface area contributed by atoms with Gasteiger partial charge in [-0.05, 0) is 12.1 Å². The van der Waals surface area contributed by atoms with Gasteiger partial charge in [0.05, 0.1) is 32.6 Å². The van der Waals surface area contributed by atoms with Crippen molar-refractivity contribution in [3.63, 3.8) is 0 Å². The molecule has 0 aliphatic carbocycles. The van der Waals surface area contributed by atoms with Crippen molar-refractivity contribution in [1.29, 1.82) is 0 Å². The van der Waals surface area contributed by atoms with E-state index in [1.54, 1.807) is 42.5 Å². The van der Waals surface area contributed by atoms with Crippen molar-refractivity contribution in [2.24, 2.45) is 7.05 Å². The number of carbonyl (C=O) groups excluding carboxylic acids is 1. The van der Waals surface area contributed by atoms with E-state index in [1.807, 2.05) is 0 Å². The van der Waals surface area contributed by atoms with Gasteiger partial charge in [-0.2, -0.15) is 5.10 Å². The fourth-order valence-corrected chi connectivity index (χ4v) is 2.56. The normalized spacial score (nSPS) is 20.6. The van der Waals surface area contributed by atoms with E-state index in [0.29, 0.717) is 11.3 Å². The molecule has 2 aromatic heterocycles. The molecule has 2 aromatic rings. The van der Waals surface area contributed by atoms with Gasteiger partial charge in [-0.15, -0.1) is 0 Å². The Kier molecular flexibility index (Phi) is 4.16. The number of likely N-dealkylation sites (tertiary alicyclic amines) is 1. The second kappa shape index (κ2) is 6.25. The van der Waals surface area contributed by atoms with Gasteiger partial charge in [0.15, 0.2) is 5.75 Å². The summed E-state index contributed by atoms with van der Waals surface area (Å²) in [5.74, 6) is 0.583. The maximum absolute atomic E-state index is 12.6. The highest BCUT2D eigenvalue weighted by atomic mass is 16.5. The number of ether oxygens (including phenoxy) is 2. The lowest BCUT2D eigenvalue weighted by Gasteiger charge is -2.17. The van der Waals surface area contributed by atoms with Crippen LogP contribution in [0.1, 0.15) is 10.4 Å². The predicted molar refractivity (Wildman–Crippen MR) is 80.3 cm³/mol. The fraction of sp³-hybridized carbons (Fsp3) is 0.400. The van der Waals surface area contributed by atoms with Gasteiger partial charge >= 0.3 is 0 Å². The first-order chi connectivity index (χ1) is 11.1. The van der Waals surface area contributed by atoms with Crippen LogP contribution in [0.2, 0.25) is 0 Å². The SMILES string of the molecule is COc1ncccc1C(=O)N1C[C@@H](O)[C@H](Oc2cnn(C)c2)C1. The van der Waals surface area contributed by atoms with Crippen molar-refractivity contribution in [3.8, 4) is 11.6 Å². The van der Waals surface area contributed by atoms with Crippen LogP contribution in [0.15, 0.2) is 30.7 Å². The fourth-order valence-electron chi connectivity index (χ4n) is 2.56. The Hall–Kier alpha value is -2.61. The molecule has 3 rings (SSSR count). The van der Waals surface area contributed by atoms with Crippen molar-refractivity contribution >= 4 is 5.91 Å². The van der Waals surface area contributed by atoms with Crippen LogP contribution >= 0.6 is 0 Å². The van der Waals surface area contributed by atoms with Gasteiger partial charge < -0.3 is 19.5 Å². The van der Waals surface area contributed by atoms with Crippen molar-refractivity contribution in [1.82, 2.24) is 19.7 Å². The summed E-state index contributed by atoms with van der Waals surface area (Å²) in [4.78, 5) is 18.2. The second-order valence-electron chi connectivity index (χ2n) is 5.34. The molecule has 0 bridgehead atoms. The molecular formula is C15H18N4O4. The lowest BCUT2D eigenvalue weighted by atomic mass is 10.2. The van der Waals surface area contributed by atoms with E-state index >= 15 is 0 Å². The van der Waals surface area contributed by atoms with Gasteiger partial charge in [0, 0.05) is 13.2 Å². The summed E-state index contributed by atoms with van der Waals surface area (Å²) in [6, 6.07) is 3.32. The molecule has 8 heteroatoms. The van der Waals surface area contributed by atoms with Crippen LogP contribution in [0.3, 0.4) is 0 Å². The molecule has 0 spiro atoms. The topological polar surface area (TPSA) is 89.7 Å². The number of β-amino-alcohol motifs (C(OH)–C–C–N with tert-alkyl or cyclic N) is 1. The number of amides is 1. The summed E-state index contributed by atoms with van der Waals surface area (Å²) < 4.78 is 12.4. The Morgan fingerprint density at radius 1 is 1.43 bits per heavy atom. The molecule has 0 saturated carbocycles. The van der Waals surface area contributed by atoms with Crippen LogP contribution in [0.25, 0.3) is 0 Å². The summed E-state index contributed by atoms with van der Waals surface area (Å²) >= 11 is 0. The molecule has 1 amide bonds. The molecule has 0 unspecified atom stereocenters. The number of methoxy groups -OCH3 is 1. The molecule has 2 atom stereocenters. The molecule has 1 N–H and O–H groups in total. The standard InChI is InChI=1S/C15H18N4O4/c1-18-7-10(6-17-18)23-13-9-19(8-12(13)20)15(21)11-4-3-5-16-14(11)22-2/h3-7,12-13,20H,8-9H2,1-2H3/t12-,13-/m1/s1. The minimum Gasteiger partial charge on any atom is -0.482 e.